The van der Waals surface area contributed by atoms with Crippen LogP contribution in [0.25, 0.3) is 0 Å². The number of nitrogens with zero attached hydrogens (tertiary/aromatic N) is 1. The Morgan fingerprint density at radius 2 is 1.12 bits per heavy atom. The summed E-state index contributed by atoms with van der Waals surface area (Å²) in [5.74, 6) is -28.0. The number of likely N-dealkylation sites (tertiary alicyclic amines) is 1. The van der Waals surface area contributed by atoms with Gasteiger partial charge < -0.3 is 18.9 Å². The summed E-state index contributed by atoms with van der Waals surface area (Å²) in [5, 5.41) is 0. The van der Waals surface area contributed by atoms with Gasteiger partial charge in [-0.25, -0.2) is 18.8 Å². The maximum atomic E-state index is 15.0. The average molecular weight is 740 g/mol. The molecular weight excluding hydrogens is 714 g/mol. The van der Waals surface area contributed by atoms with E-state index in [-0.39, 0.29) is 12.2 Å². The molecule has 0 N–H and O–H groups in total. The van der Waals surface area contributed by atoms with Crippen LogP contribution in [0, 0.1) is 0 Å². The zero-order chi connectivity index (χ0) is 37.9. The van der Waals surface area contributed by atoms with Crippen molar-refractivity contribution in [3.63, 3.8) is 0 Å². The molecule has 0 aliphatic carbocycles. The Hall–Kier alpha value is -4.49. The van der Waals surface area contributed by atoms with Gasteiger partial charge in [-0.05, 0) is 81.1 Å². The van der Waals surface area contributed by atoms with Gasteiger partial charge in [0.15, 0.2) is 0 Å². The molecule has 3 rings (SSSR count). The van der Waals surface area contributed by atoms with E-state index in [4.69, 9.17) is 14.2 Å². The average Bonchev–Trinajstić information content (AvgIpc) is 3.09. The Kier molecular flexibility index (Phi) is 11.5. The number of unbranched alkanes of at least 4 members (excludes halogenated alkanes) is 3. The SMILES string of the molecule is C=C(C)C(=O)OCCCCCCOc1ccc(C(=O)Oc2ccc(OC(=O)[C@](F)(N3C(F)(F)C(F)(F)C(F)(F)C3(F)F)C(F)(F)F)cc2)cc1. The fraction of sp³-hybridized carbons (Fsp3) is 0.433. The van der Waals surface area contributed by atoms with Gasteiger partial charge in [0.2, 0.25) is 0 Å². The number of rotatable bonds is 14. The highest BCUT2D eigenvalue weighted by molar-refractivity contribution is 5.91. The Balaban J connectivity index is 1.59. The van der Waals surface area contributed by atoms with Crippen molar-refractivity contribution in [1.29, 1.82) is 0 Å². The molecule has 8 nitrogen and oxygen atoms in total. The van der Waals surface area contributed by atoms with E-state index in [2.05, 4.69) is 11.3 Å². The van der Waals surface area contributed by atoms with Crippen LogP contribution >= 0.6 is 0 Å². The lowest BCUT2D eigenvalue weighted by molar-refractivity contribution is -0.382. The Bertz CT molecular complexity index is 1540. The van der Waals surface area contributed by atoms with Gasteiger partial charge in [0.1, 0.15) is 17.2 Å². The van der Waals surface area contributed by atoms with Crippen LogP contribution in [0.15, 0.2) is 60.7 Å². The van der Waals surface area contributed by atoms with E-state index < -0.39 is 70.2 Å². The zero-order valence-corrected chi connectivity index (χ0v) is 25.4. The summed E-state index contributed by atoms with van der Waals surface area (Å²) >= 11 is 0. The van der Waals surface area contributed by atoms with Crippen molar-refractivity contribution in [1.82, 2.24) is 4.90 Å². The number of benzene rings is 2. The van der Waals surface area contributed by atoms with Crippen molar-refractivity contribution in [2.24, 2.45) is 0 Å². The highest BCUT2D eigenvalue weighted by Gasteiger charge is 2.98. The van der Waals surface area contributed by atoms with Crippen LogP contribution in [0.5, 0.6) is 17.2 Å². The highest BCUT2D eigenvalue weighted by atomic mass is 19.4. The van der Waals surface area contributed by atoms with Crippen LogP contribution in [-0.2, 0) is 14.3 Å². The standard InChI is InChI=1S/C30H25F12NO7/c1-17(2)22(44)48-16-6-4-3-5-15-47-19-9-7-18(8-10-19)23(45)49-20-11-13-21(14-12-20)50-24(46)25(31,28(36,37)38)43-29(39,40)26(32,33)27(34,35)30(43,41)42/h7-14H,1,3-6,15-16H2,2H3/t25-/m0/s1. The number of ether oxygens (including phenoxy) is 4. The maximum Gasteiger partial charge on any atom is 0.448 e. The molecule has 0 unspecified atom stereocenters. The number of hydrogen-bond acceptors (Lipinski definition) is 8. The summed E-state index contributed by atoms with van der Waals surface area (Å²) in [6, 6.07) is -6.84. The number of carbonyl (C=O) groups excluding carboxylic acids is 3. The fourth-order valence-corrected chi connectivity index (χ4v) is 4.20. The number of hydrogen-bond donors (Lipinski definition) is 0. The van der Waals surface area contributed by atoms with Crippen molar-refractivity contribution in [3.8, 4) is 17.2 Å². The van der Waals surface area contributed by atoms with Crippen LogP contribution in [0.4, 0.5) is 52.7 Å². The third-order valence-corrected chi connectivity index (χ3v) is 6.89. The first-order chi connectivity index (χ1) is 22.9. The maximum absolute atomic E-state index is 15.0. The molecule has 276 valence electrons. The predicted octanol–water partition coefficient (Wildman–Crippen LogP) is 7.87. The van der Waals surface area contributed by atoms with Gasteiger partial charge in [-0.15, -0.1) is 4.90 Å². The Morgan fingerprint density at radius 1 is 0.680 bits per heavy atom. The first kappa shape index (κ1) is 39.9. The van der Waals surface area contributed by atoms with E-state index in [1.807, 2.05) is 0 Å². The monoisotopic (exact) mass is 739 g/mol. The first-order valence-electron chi connectivity index (χ1n) is 14.1. The second kappa shape index (κ2) is 14.4. The molecule has 0 aromatic heterocycles. The van der Waals surface area contributed by atoms with Crippen LogP contribution in [0.1, 0.15) is 43.0 Å². The molecular formula is C30H25F12NO7. The van der Waals surface area contributed by atoms with Gasteiger partial charge in [0, 0.05) is 5.57 Å². The van der Waals surface area contributed by atoms with Crippen LogP contribution < -0.4 is 14.2 Å². The summed E-state index contributed by atoms with van der Waals surface area (Å²) in [7, 11) is 0. The first-order valence-corrected chi connectivity index (χ1v) is 14.1. The minimum Gasteiger partial charge on any atom is -0.494 e. The van der Waals surface area contributed by atoms with E-state index >= 15 is 4.39 Å². The normalized spacial score (nSPS) is 18.8. The van der Waals surface area contributed by atoms with Crippen LogP contribution in [-0.4, -0.2) is 71.9 Å². The fourth-order valence-electron chi connectivity index (χ4n) is 4.20. The summed E-state index contributed by atoms with van der Waals surface area (Å²) in [4.78, 5) is 32.3. The Labute approximate surface area is 274 Å². The van der Waals surface area contributed by atoms with Crippen molar-refractivity contribution in [2.75, 3.05) is 13.2 Å². The second-order valence-corrected chi connectivity index (χ2v) is 10.6. The van der Waals surface area contributed by atoms with Crippen molar-refractivity contribution in [2.45, 2.75) is 68.5 Å². The molecule has 1 fully saturated rings. The van der Waals surface area contributed by atoms with E-state index in [0.717, 1.165) is 12.8 Å². The summed E-state index contributed by atoms with van der Waals surface area (Å²) < 4.78 is 185. The van der Waals surface area contributed by atoms with Gasteiger partial charge in [-0.1, -0.05) is 6.58 Å². The zero-order valence-electron chi connectivity index (χ0n) is 25.4. The molecule has 1 aliphatic heterocycles. The molecule has 1 heterocycles. The van der Waals surface area contributed by atoms with E-state index in [0.29, 0.717) is 55.0 Å². The number of halogens is 12. The van der Waals surface area contributed by atoms with Crippen molar-refractivity contribution < 1.29 is 86.0 Å². The highest BCUT2D eigenvalue weighted by Crippen LogP contribution is 2.66. The largest absolute Gasteiger partial charge is 0.494 e. The number of esters is 3. The van der Waals surface area contributed by atoms with E-state index in [1.54, 1.807) is 0 Å². The summed E-state index contributed by atoms with van der Waals surface area (Å²) in [5.41, 5.74) is 0.250. The van der Waals surface area contributed by atoms with Gasteiger partial charge in [-0.2, -0.15) is 48.3 Å². The van der Waals surface area contributed by atoms with Gasteiger partial charge in [0.05, 0.1) is 18.8 Å². The molecule has 1 saturated heterocycles. The molecule has 2 aromatic carbocycles. The van der Waals surface area contributed by atoms with Crippen molar-refractivity contribution >= 4 is 17.9 Å². The lowest BCUT2D eigenvalue weighted by Crippen LogP contribution is -2.70. The predicted molar refractivity (Wildman–Crippen MR) is 145 cm³/mol. The minimum atomic E-state index is -7.28. The molecule has 0 radical (unpaired) electrons. The molecule has 0 bridgehead atoms. The van der Waals surface area contributed by atoms with Crippen molar-refractivity contribution in [3.05, 3.63) is 66.2 Å². The third kappa shape index (κ3) is 7.48. The molecule has 20 heteroatoms. The van der Waals surface area contributed by atoms with Crippen LogP contribution in [0.3, 0.4) is 0 Å². The summed E-state index contributed by atoms with van der Waals surface area (Å²) in [6.07, 6.45) is -4.41. The molecule has 1 aliphatic rings. The topological polar surface area (TPSA) is 91.4 Å². The quantitative estimate of drug-likeness (QED) is 0.0483. The third-order valence-electron chi connectivity index (χ3n) is 6.89. The second-order valence-electron chi connectivity index (χ2n) is 10.6. The molecule has 1 atom stereocenters. The van der Waals surface area contributed by atoms with E-state index in [1.165, 1.54) is 31.2 Å². The lowest BCUT2D eigenvalue weighted by Gasteiger charge is -2.38. The van der Waals surface area contributed by atoms with Gasteiger partial charge >= 0.3 is 53.8 Å². The van der Waals surface area contributed by atoms with E-state index in [9.17, 15) is 62.7 Å². The van der Waals surface area contributed by atoms with Gasteiger partial charge in [-0.3, -0.25) is 0 Å². The molecule has 2 aromatic rings. The lowest BCUT2D eigenvalue weighted by atomic mass is 10.2. The molecule has 0 amide bonds. The summed E-state index contributed by atoms with van der Waals surface area (Å²) in [6.45, 7) is 5.58. The molecule has 0 spiro atoms. The van der Waals surface area contributed by atoms with Crippen LogP contribution in [0.2, 0.25) is 0 Å². The Morgan fingerprint density at radius 3 is 1.58 bits per heavy atom. The minimum absolute atomic E-state index is 0.0503. The number of carbonyl (C=O) groups is 3. The smallest absolute Gasteiger partial charge is 0.448 e. The molecule has 0 saturated carbocycles. The van der Waals surface area contributed by atoms with Gasteiger partial charge in [0.25, 0.3) is 0 Å². The molecule has 50 heavy (non-hydrogen) atoms. The number of alkyl halides is 12.